The van der Waals surface area contributed by atoms with Gasteiger partial charge in [0.2, 0.25) is 0 Å². The van der Waals surface area contributed by atoms with Crippen molar-refractivity contribution in [2.24, 2.45) is 0 Å². The van der Waals surface area contributed by atoms with Crippen molar-refractivity contribution in [3.8, 4) is 0 Å². The summed E-state index contributed by atoms with van der Waals surface area (Å²) in [5.74, 6) is 0. The number of hydrogen-bond donors (Lipinski definition) is 0. The number of hydrogen-bond acceptors (Lipinski definition) is 4. The number of nitrogens with zero attached hydrogens (tertiary/aromatic N) is 4. The molecule has 2 aromatic rings. The van der Waals surface area contributed by atoms with Crippen LogP contribution in [0.2, 0.25) is 0 Å². The lowest BCUT2D eigenvalue weighted by atomic mass is 10.6. The van der Waals surface area contributed by atoms with Crippen LogP contribution in [0.4, 0.5) is 0 Å². The molecule has 2 rings (SSSR count). The van der Waals surface area contributed by atoms with E-state index in [-0.39, 0.29) is 0 Å². The largest absolute Gasteiger partial charge is 0.213 e. The van der Waals surface area contributed by atoms with Crippen LogP contribution < -0.4 is 0 Å². The number of aromatic nitrogens is 4. The summed E-state index contributed by atoms with van der Waals surface area (Å²) in [5.41, 5.74) is 0.780. The Labute approximate surface area is 67.6 Å². The summed E-state index contributed by atoms with van der Waals surface area (Å²) < 4.78 is 1.52. The first-order valence-electron chi connectivity index (χ1n) is 3.11. The molecule has 0 aromatic carbocycles. The molecular formula is C6H6N4S. The van der Waals surface area contributed by atoms with Crippen molar-refractivity contribution in [3.05, 3.63) is 18.5 Å². The summed E-state index contributed by atoms with van der Waals surface area (Å²) in [6.07, 6.45) is 3.47. The van der Waals surface area contributed by atoms with Crippen LogP contribution in [0.25, 0.3) is 5.65 Å². The van der Waals surface area contributed by atoms with Gasteiger partial charge in [0, 0.05) is 0 Å². The van der Waals surface area contributed by atoms with Crippen molar-refractivity contribution in [1.82, 2.24) is 19.8 Å². The summed E-state index contributed by atoms with van der Waals surface area (Å²) in [5, 5.41) is 9.02. The molecule has 0 aliphatic heterocycles. The zero-order valence-corrected chi connectivity index (χ0v) is 6.75. The Morgan fingerprint density at radius 3 is 3.18 bits per heavy atom. The normalized spacial score (nSPS) is 10.6. The van der Waals surface area contributed by atoms with Crippen LogP contribution in [-0.2, 0) is 0 Å². The third-order valence-electron chi connectivity index (χ3n) is 1.33. The number of thioether (sulfide) groups is 1. The zero-order chi connectivity index (χ0) is 7.68. The predicted octanol–water partition coefficient (Wildman–Crippen LogP) is 0.846. The second-order valence-corrected chi connectivity index (χ2v) is 2.81. The average molecular weight is 166 g/mol. The molecule has 0 atom stereocenters. The second kappa shape index (κ2) is 2.50. The Balaban J connectivity index is 2.67. The van der Waals surface area contributed by atoms with Crippen molar-refractivity contribution in [1.29, 1.82) is 0 Å². The average Bonchev–Trinajstić information content (AvgIpc) is 2.50. The highest BCUT2D eigenvalue weighted by Crippen LogP contribution is 2.09. The molecular weight excluding hydrogens is 160 g/mol. The lowest BCUT2D eigenvalue weighted by Gasteiger charge is -1.93. The molecule has 5 heteroatoms. The molecule has 0 radical (unpaired) electrons. The van der Waals surface area contributed by atoms with Gasteiger partial charge in [-0.3, -0.25) is 0 Å². The summed E-state index contributed by atoms with van der Waals surface area (Å²) in [7, 11) is 0. The lowest BCUT2D eigenvalue weighted by Crippen LogP contribution is -1.93. The molecule has 11 heavy (non-hydrogen) atoms. The molecule has 2 heterocycles. The van der Waals surface area contributed by atoms with E-state index in [2.05, 4.69) is 15.2 Å². The predicted molar refractivity (Wildman–Crippen MR) is 42.6 cm³/mol. The van der Waals surface area contributed by atoms with Crippen LogP contribution in [0.1, 0.15) is 0 Å². The Bertz CT molecular complexity index is 369. The van der Waals surface area contributed by atoms with E-state index in [9.17, 15) is 0 Å². The minimum atomic E-state index is 0.780. The molecule has 0 saturated carbocycles. The van der Waals surface area contributed by atoms with E-state index in [0.717, 1.165) is 10.7 Å². The van der Waals surface area contributed by atoms with Gasteiger partial charge in [0.1, 0.15) is 11.4 Å². The highest BCUT2D eigenvalue weighted by atomic mass is 32.2. The van der Waals surface area contributed by atoms with Crippen molar-refractivity contribution < 1.29 is 0 Å². The molecule has 0 spiro atoms. The molecule has 0 saturated heterocycles. The molecule has 0 unspecified atom stereocenters. The third kappa shape index (κ3) is 1.07. The topological polar surface area (TPSA) is 43.1 Å². The monoisotopic (exact) mass is 166 g/mol. The molecule has 4 nitrogen and oxygen atoms in total. The first-order valence-corrected chi connectivity index (χ1v) is 4.34. The number of fused-ring (bicyclic) bond motifs is 1. The van der Waals surface area contributed by atoms with Gasteiger partial charge in [0.05, 0.1) is 0 Å². The van der Waals surface area contributed by atoms with Gasteiger partial charge < -0.3 is 0 Å². The smallest absolute Gasteiger partial charge is 0.176 e. The van der Waals surface area contributed by atoms with Crippen LogP contribution in [0.15, 0.2) is 23.5 Å². The van der Waals surface area contributed by atoms with Gasteiger partial charge in [-0.05, 0) is 18.4 Å². The Kier molecular flexibility index (Phi) is 1.50. The molecule has 0 aliphatic carbocycles. The van der Waals surface area contributed by atoms with E-state index in [0.29, 0.717) is 0 Å². The van der Waals surface area contributed by atoms with Gasteiger partial charge in [0.25, 0.3) is 0 Å². The van der Waals surface area contributed by atoms with Gasteiger partial charge in [-0.15, -0.1) is 26.6 Å². The van der Waals surface area contributed by atoms with Crippen LogP contribution in [-0.4, -0.2) is 26.1 Å². The van der Waals surface area contributed by atoms with Gasteiger partial charge in [0.15, 0.2) is 5.65 Å². The maximum atomic E-state index is 4.16. The van der Waals surface area contributed by atoms with Gasteiger partial charge in [-0.2, -0.15) is 0 Å². The molecule has 0 N–H and O–H groups in total. The zero-order valence-electron chi connectivity index (χ0n) is 5.93. The SMILES string of the molecule is CSc1ccc2ncnn2n1. The molecule has 0 aliphatic rings. The first-order chi connectivity index (χ1) is 5.40. The summed E-state index contributed by atoms with van der Waals surface area (Å²) in [6, 6.07) is 3.82. The van der Waals surface area contributed by atoms with Crippen LogP contribution >= 0.6 is 11.8 Å². The molecule has 2 aromatic heterocycles. The minimum absolute atomic E-state index is 0.780. The highest BCUT2D eigenvalue weighted by Gasteiger charge is 1.96. The molecule has 0 bridgehead atoms. The highest BCUT2D eigenvalue weighted by molar-refractivity contribution is 7.98. The van der Waals surface area contributed by atoms with Crippen molar-refractivity contribution in [2.45, 2.75) is 5.03 Å². The van der Waals surface area contributed by atoms with Crippen molar-refractivity contribution >= 4 is 17.4 Å². The summed E-state index contributed by atoms with van der Waals surface area (Å²) >= 11 is 1.59. The van der Waals surface area contributed by atoms with Crippen molar-refractivity contribution in [3.63, 3.8) is 0 Å². The van der Waals surface area contributed by atoms with Crippen molar-refractivity contribution in [2.75, 3.05) is 6.26 Å². The first kappa shape index (κ1) is 6.60. The summed E-state index contributed by atoms with van der Waals surface area (Å²) in [6.45, 7) is 0. The van der Waals surface area contributed by atoms with E-state index < -0.39 is 0 Å². The standard InChI is InChI=1S/C6H6N4S/c1-11-6-3-2-5-7-4-8-10(5)9-6/h2-4H,1H3. The van der Waals surface area contributed by atoms with E-state index in [4.69, 9.17) is 0 Å². The molecule has 0 amide bonds. The fourth-order valence-corrected chi connectivity index (χ4v) is 1.18. The molecule has 0 fully saturated rings. The maximum Gasteiger partial charge on any atom is 0.176 e. The Morgan fingerprint density at radius 1 is 1.45 bits per heavy atom. The van der Waals surface area contributed by atoms with Crippen LogP contribution in [0, 0.1) is 0 Å². The van der Waals surface area contributed by atoms with Gasteiger partial charge in [-0.1, -0.05) is 0 Å². The van der Waals surface area contributed by atoms with E-state index in [1.54, 1.807) is 11.8 Å². The van der Waals surface area contributed by atoms with E-state index >= 15 is 0 Å². The fourth-order valence-electron chi connectivity index (χ4n) is 0.813. The Hall–Kier alpha value is -1.10. The van der Waals surface area contributed by atoms with Crippen LogP contribution in [0.5, 0.6) is 0 Å². The third-order valence-corrected chi connectivity index (χ3v) is 1.97. The maximum absolute atomic E-state index is 4.16. The van der Waals surface area contributed by atoms with Crippen LogP contribution in [0.3, 0.4) is 0 Å². The van der Waals surface area contributed by atoms with Gasteiger partial charge >= 0.3 is 0 Å². The van der Waals surface area contributed by atoms with Gasteiger partial charge in [-0.25, -0.2) is 4.98 Å². The second-order valence-electron chi connectivity index (χ2n) is 1.98. The Morgan fingerprint density at radius 2 is 2.36 bits per heavy atom. The quantitative estimate of drug-likeness (QED) is 0.589. The van der Waals surface area contributed by atoms with E-state index in [1.807, 2.05) is 18.4 Å². The minimum Gasteiger partial charge on any atom is -0.213 e. The molecule has 56 valence electrons. The summed E-state index contributed by atoms with van der Waals surface area (Å²) in [4.78, 5) is 3.97. The lowest BCUT2D eigenvalue weighted by molar-refractivity contribution is 0.753. The fraction of sp³-hybridized carbons (Fsp3) is 0.167. The number of rotatable bonds is 1. The van der Waals surface area contributed by atoms with E-state index in [1.165, 1.54) is 11.0 Å².